The van der Waals surface area contributed by atoms with Crippen molar-refractivity contribution in [3.8, 4) is 11.5 Å². The first-order valence-electron chi connectivity index (χ1n) is 9.92. The predicted octanol–water partition coefficient (Wildman–Crippen LogP) is 3.90. The molecule has 0 saturated carbocycles. The van der Waals surface area contributed by atoms with Crippen LogP contribution >= 0.6 is 0 Å². The van der Waals surface area contributed by atoms with E-state index in [-0.39, 0.29) is 12.5 Å². The summed E-state index contributed by atoms with van der Waals surface area (Å²) >= 11 is 0. The van der Waals surface area contributed by atoms with E-state index < -0.39 is 5.63 Å². The maximum absolute atomic E-state index is 12.5. The Labute approximate surface area is 169 Å². The van der Waals surface area contributed by atoms with Gasteiger partial charge in [0.05, 0.1) is 12.5 Å². The number of nitrogens with zero attached hydrogens (tertiary/aromatic N) is 1. The number of likely N-dealkylation sites (tertiary alicyclic amines) is 1. The fourth-order valence-electron chi connectivity index (χ4n) is 3.86. The SMILES string of the molecule is COc1ccc2c(c1)c(=O)oc1c(C)c(OCC(=O)N3CCC(C)CC3)ccc12. The molecule has 2 heterocycles. The number of piperidine rings is 1. The van der Waals surface area contributed by atoms with Crippen molar-refractivity contribution in [3.63, 3.8) is 0 Å². The number of amides is 1. The lowest BCUT2D eigenvalue weighted by Crippen LogP contribution is -2.40. The highest BCUT2D eigenvalue weighted by Gasteiger charge is 2.21. The number of aryl methyl sites for hydroxylation is 1. The molecule has 4 rings (SSSR count). The van der Waals surface area contributed by atoms with Crippen molar-refractivity contribution < 1.29 is 18.7 Å². The first kappa shape index (κ1) is 19.3. The van der Waals surface area contributed by atoms with Crippen molar-refractivity contribution in [1.82, 2.24) is 4.90 Å². The lowest BCUT2D eigenvalue weighted by atomic mass is 9.99. The minimum Gasteiger partial charge on any atom is -0.497 e. The monoisotopic (exact) mass is 395 g/mol. The highest BCUT2D eigenvalue weighted by atomic mass is 16.5. The fraction of sp³-hybridized carbons (Fsp3) is 0.391. The van der Waals surface area contributed by atoms with Crippen LogP contribution in [0.4, 0.5) is 0 Å². The first-order chi connectivity index (χ1) is 14.0. The van der Waals surface area contributed by atoms with Crippen LogP contribution in [0.5, 0.6) is 11.5 Å². The van der Waals surface area contributed by atoms with E-state index in [0.717, 1.165) is 36.7 Å². The highest BCUT2D eigenvalue weighted by Crippen LogP contribution is 2.32. The van der Waals surface area contributed by atoms with Crippen molar-refractivity contribution in [2.45, 2.75) is 26.7 Å². The zero-order valence-corrected chi connectivity index (χ0v) is 17.0. The number of hydrogen-bond acceptors (Lipinski definition) is 5. The summed E-state index contributed by atoms with van der Waals surface area (Å²) in [6.45, 7) is 5.60. The summed E-state index contributed by atoms with van der Waals surface area (Å²) in [6, 6.07) is 9.04. The summed E-state index contributed by atoms with van der Waals surface area (Å²) in [7, 11) is 1.56. The molecule has 6 heteroatoms. The molecule has 0 radical (unpaired) electrons. The number of methoxy groups -OCH3 is 1. The molecule has 1 aliphatic rings. The Morgan fingerprint density at radius 1 is 1.14 bits per heavy atom. The Balaban J connectivity index is 1.61. The molecule has 0 spiro atoms. The normalized spacial score (nSPS) is 15.1. The molecular formula is C23H25NO5. The van der Waals surface area contributed by atoms with E-state index in [1.807, 2.05) is 36.1 Å². The van der Waals surface area contributed by atoms with Crippen molar-refractivity contribution in [2.24, 2.45) is 5.92 Å². The van der Waals surface area contributed by atoms with E-state index in [1.165, 1.54) is 0 Å². The maximum atomic E-state index is 12.5. The van der Waals surface area contributed by atoms with E-state index in [1.54, 1.807) is 13.2 Å². The van der Waals surface area contributed by atoms with Gasteiger partial charge in [-0.1, -0.05) is 6.92 Å². The average Bonchev–Trinajstić information content (AvgIpc) is 2.74. The van der Waals surface area contributed by atoms with Gasteiger partial charge >= 0.3 is 5.63 Å². The predicted molar refractivity (Wildman–Crippen MR) is 112 cm³/mol. The van der Waals surface area contributed by atoms with Crippen LogP contribution in [0.25, 0.3) is 21.7 Å². The number of fused-ring (bicyclic) bond motifs is 3. The molecule has 0 N–H and O–H groups in total. The van der Waals surface area contributed by atoms with Crippen molar-refractivity contribution in [1.29, 1.82) is 0 Å². The quantitative estimate of drug-likeness (QED) is 0.495. The molecular weight excluding hydrogens is 370 g/mol. The minimum absolute atomic E-state index is 0.0107. The summed E-state index contributed by atoms with van der Waals surface area (Å²) < 4.78 is 16.6. The molecule has 29 heavy (non-hydrogen) atoms. The zero-order valence-electron chi connectivity index (χ0n) is 17.0. The molecule has 152 valence electrons. The molecule has 1 fully saturated rings. The van der Waals surface area contributed by atoms with Gasteiger partial charge in [0.15, 0.2) is 6.61 Å². The molecule has 0 atom stereocenters. The lowest BCUT2D eigenvalue weighted by molar-refractivity contribution is -0.134. The number of carbonyl (C=O) groups excluding carboxylic acids is 1. The van der Waals surface area contributed by atoms with Crippen LogP contribution in [-0.2, 0) is 4.79 Å². The van der Waals surface area contributed by atoms with Crippen LogP contribution in [0.15, 0.2) is 39.5 Å². The number of ether oxygens (including phenoxy) is 2. The smallest absolute Gasteiger partial charge is 0.344 e. The van der Waals surface area contributed by atoms with E-state index >= 15 is 0 Å². The molecule has 0 unspecified atom stereocenters. The van der Waals surface area contributed by atoms with Crippen LogP contribution < -0.4 is 15.1 Å². The van der Waals surface area contributed by atoms with Gasteiger partial charge in [-0.05, 0) is 56.0 Å². The van der Waals surface area contributed by atoms with Gasteiger partial charge in [0, 0.05) is 29.4 Å². The van der Waals surface area contributed by atoms with Crippen LogP contribution in [0.3, 0.4) is 0 Å². The third-order valence-electron chi connectivity index (χ3n) is 5.78. The number of hydrogen-bond donors (Lipinski definition) is 0. The maximum Gasteiger partial charge on any atom is 0.344 e. The molecule has 0 bridgehead atoms. The fourth-order valence-corrected chi connectivity index (χ4v) is 3.86. The Hall–Kier alpha value is -3.02. The van der Waals surface area contributed by atoms with Gasteiger partial charge in [0.25, 0.3) is 5.91 Å². The minimum atomic E-state index is -0.426. The van der Waals surface area contributed by atoms with E-state index in [0.29, 0.717) is 33.9 Å². The van der Waals surface area contributed by atoms with Crippen LogP contribution in [0, 0.1) is 12.8 Å². The Kier molecular flexibility index (Phi) is 5.18. The van der Waals surface area contributed by atoms with Gasteiger partial charge < -0.3 is 18.8 Å². The van der Waals surface area contributed by atoms with Gasteiger partial charge in [0.2, 0.25) is 0 Å². The van der Waals surface area contributed by atoms with Gasteiger partial charge in [-0.25, -0.2) is 4.79 Å². The molecule has 1 aromatic heterocycles. The Morgan fingerprint density at radius 3 is 2.59 bits per heavy atom. The average molecular weight is 395 g/mol. The molecule has 1 amide bonds. The summed E-state index contributed by atoms with van der Waals surface area (Å²) in [5, 5.41) is 2.09. The lowest BCUT2D eigenvalue weighted by Gasteiger charge is -2.30. The standard InChI is InChI=1S/C23H25NO5/c1-14-8-10-24(11-9-14)21(25)13-28-20-7-6-18-17-5-4-16(27-3)12-19(17)23(26)29-22(18)15(20)2/h4-7,12,14H,8-11,13H2,1-3H3. The van der Waals surface area contributed by atoms with Crippen LogP contribution in [-0.4, -0.2) is 37.6 Å². The summed E-state index contributed by atoms with van der Waals surface area (Å²) in [6.07, 6.45) is 2.06. The van der Waals surface area contributed by atoms with Crippen molar-refractivity contribution in [3.05, 3.63) is 46.3 Å². The zero-order chi connectivity index (χ0) is 20.5. The van der Waals surface area contributed by atoms with E-state index in [2.05, 4.69) is 6.92 Å². The second-order valence-corrected chi connectivity index (χ2v) is 7.72. The third-order valence-corrected chi connectivity index (χ3v) is 5.78. The number of carbonyl (C=O) groups is 1. The topological polar surface area (TPSA) is 69.0 Å². The van der Waals surface area contributed by atoms with E-state index in [4.69, 9.17) is 13.9 Å². The first-order valence-corrected chi connectivity index (χ1v) is 9.92. The molecule has 3 aromatic rings. The van der Waals surface area contributed by atoms with Gasteiger partial charge in [-0.3, -0.25) is 4.79 Å². The van der Waals surface area contributed by atoms with Crippen molar-refractivity contribution in [2.75, 3.05) is 26.8 Å². The summed E-state index contributed by atoms with van der Waals surface area (Å²) in [5.41, 5.74) is 0.756. The van der Waals surface area contributed by atoms with Crippen molar-refractivity contribution >= 4 is 27.6 Å². The van der Waals surface area contributed by atoms with Gasteiger partial charge in [-0.2, -0.15) is 0 Å². The molecule has 0 aliphatic carbocycles. The second-order valence-electron chi connectivity index (χ2n) is 7.72. The summed E-state index contributed by atoms with van der Waals surface area (Å²) in [4.78, 5) is 26.8. The van der Waals surface area contributed by atoms with Crippen LogP contribution in [0.1, 0.15) is 25.3 Å². The largest absolute Gasteiger partial charge is 0.497 e. The Morgan fingerprint density at radius 2 is 1.86 bits per heavy atom. The van der Waals surface area contributed by atoms with Crippen LogP contribution in [0.2, 0.25) is 0 Å². The van der Waals surface area contributed by atoms with E-state index in [9.17, 15) is 9.59 Å². The number of rotatable bonds is 4. The second kappa shape index (κ2) is 7.78. The Bertz CT molecular complexity index is 1130. The van der Waals surface area contributed by atoms with Gasteiger partial charge in [0.1, 0.15) is 17.1 Å². The number of benzene rings is 2. The third kappa shape index (κ3) is 3.67. The van der Waals surface area contributed by atoms with Gasteiger partial charge in [-0.15, -0.1) is 0 Å². The molecule has 6 nitrogen and oxygen atoms in total. The molecule has 1 saturated heterocycles. The molecule has 1 aliphatic heterocycles. The molecule has 2 aromatic carbocycles. The highest BCUT2D eigenvalue weighted by molar-refractivity contribution is 6.06. The summed E-state index contributed by atoms with van der Waals surface area (Å²) in [5.74, 6) is 1.81.